The lowest BCUT2D eigenvalue weighted by Crippen LogP contribution is -2.18. The van der Waals surface area contributed by atoms with Crippen LogP contribution in [0.4, 0.5) is 0 Å². The highest BCUT2D eigenvalue weighted by atomic mass is 79.9. The van der Waals surface area contributed by atoms with Gasteiger partial charge in [-0.05, 0) is 54.9 Å². The predicted molar refractivity (Wildman–Crippen MR) is 91.6 cm³/mol. The number of halogens is 3. The first kappa shape index (κ1) is 15.2. The van der Waals surface area contributed by atoms with Gasteiger partial charge in [0.25, 0.3) is 0 Å². The van der Waals surface area contributed by atoms with E-state index in [1.54, 1.807) is 0 Å². The van der Waals surface area contributed by atoms with Gasteiger partial charge in [-0.3, -0.25) is 0 Å². The van der Waals surface area contributed by atoms with Crippen LogP contribution in [0.25, 0.3) is 0 Å². The monoisotopic (exact) mass is 445 g/mol. The van der Waals surface area contributed by atoms with Gasteiger partial charge in [0, 0.05) is 13.4 Å². The average Bonchev–Trinajstić information content (AvgIpc) is 2.36. The maximum Gasteiger partial charge on any atom is 0.0596 e. The molecule has 1 unspecified atom stereocenters. The first-order valence-electron chi connectivity index (χ1n) is 5.91. The van der Waals surface area contributed by atoms with Crippen molar-refractivity contribution in [1.82, 2.24) is 5.32 Å². The molecule has 0 saturated carbocycles. The molecule has 0 saturated heterocycles. The molecule has 0 aliphatic rings. The Kier molecular flexibility index (Phi) is 5.23. The Morgan fingerprint density at radius 3 is 2.26 bits per heavy atom. The number of nitrogens with one attached hydrogen (secondary N) is 1. The van der Waals surface area contributed by atoms with Crippen LogP contribution in [0.1, 0.15) is 22.7 Å². The average molecular weight is 448 g/mol. The van der Waals surface area contributed by atoms with Crippen molar-refractivity contribution in [3.05, 3.63) is 66.5 Å². The van der Waals surface area contributed by atoms with Crippen LogP contribution in [0, 0.1) is 6.92 Å². The molecule has 2 aromatic rings. The second-order valence-corrected chi connectivity index (χ2v) is 7.04. The van der Waals surface area contributed by atoms with Crippen molar-refractivity contribution in [3.63, 3.8) is 0 Å². The summed E-state index contributed by atoms with van der Waals surface area (Å²) in [6, 6.07) is 12.8. The summed E-state index contributed by atoms with van der Waals surface area (Å²) in [6.07, 6.45) is 0. The van der Waals surface area contributed by atoms with Gasteiger partial charge in [-0.15, -0.1) is 0 Å². The minimum Gasteiger partial charge on any atom is -0.309 e. The first-order valence-corrected chi connectivity index (χ1v) is 8.29. The summed E-state index contributed by atoms with van der Waals surface area (Å²) in [5, 5.41) is 3.38. The van der Waals surface area contributed by atoms with Crippen LogP contribution in [0.5, 0.6) is 0 Å². The Bertz CT molecular complexity index is 596. The molecule has 0 amide bonds. The van der Waals surface area contributed by atoms with Gasteiger partial charge in [0.1, 0.15) is 0 Å². The molecule has 2 rings (SSSR count). The molecule has 0 aliphatic heterocycles. The van der Waals surface area contributed by atoms with E-state index in [-0.39, 0.29) is 6.04 Å². The van der Waals surface area contributed by atoms with E-state index in [2.05, 4.69) is 90.4 Å². The van der Waals surface area contributed by atoms with Crippen LogP contribution in [-0.4, -0.2) is 7.05 Å². The zero-order valence-electron chi connectivity index (χ0n) is 10.7. The summed E-state index contributed by atoms with van der Waals surface area (Å²) in [5.41, 5.74) is 3.69. The zero-order chi connectivity index (χ0) is 14.0. The standard InChI is InChI=1S/C15H14Br3N/c1-9-3-5-11(14(18)7-9)15(19-2)12-8-10(16)4-6-13(12)17/h3-8,15,19H,1-2H3. The van der Waals surface area contributed by atoms with E-state index >= 15 is 0 Å². The highest BCUT2D eigenvalue weighted by Gasteiger charge is 2.17. The maximum atomic E-state index is 3.66. The maximum absolute atomic E-state index is 3.66. The Morgan fingerprint density at radius 2 is 1.63 bits per heavy atom. The van der Waals surface area contributed by atoms with E-state index in [4.69, 9.17) is 0 Å². The Labute approximate surface area is 139 Å². The number of hydrogen-bond acceptors (Lipinski definition) is 1. The molecule has 1 atom stereocenters. The summed E-state index contributed by atoms with van der Waals surface area (Å²) in [5.74, 6) is 0. The fourth-order valence-electron chi connectivity index (χ4n) is 2.08. The van der Waals surface area contributed by atoms with Gasteiger partial charge < -0.3 is 5.32 Å². The molecule has 0 aliphatic carbocycles. The third-order valence-electron chi connectivity index (χ3n) is 3.02. The summed E-state index contributed by atoms with van der Waals surface area (Å²) >= 11 is 10.8. The van der Waals surface area contributed by atoms with E-state index in [0.29, 0.717) is 0 Å². The van der Waals surface area contributed by atoms with Crippen molar-refractivity contribution in [2.24, 2.45) is 0 Å². The van der Waals surface area contributed by atoms with Crippen LogP contribution in [0.2, 0.25) is 0 Å². The van der Waals surface area contributed by atoms with E-state index in [1.165, 1.54) is 16.7 Å². The van der Waals surface area contributed by atoms with Crippen molar-refractivity contribution >= 4 is 47.8 Å². The molecule has 2 aromatic carbocycles. The Hall–Kier alpha value is -0.160. The van der Waals surface area contributed by atoms with Crippen LogP contribution < -0.4 is 5.32 Å². The molecule has 1 nitrogen and oxygen atoms in total. The van der Waals surface area contributed by atoms with Crippen molar-refractivity contribution in [2.45, 2.75) is 13.0 Å². The zero-order valence-corrected chi connectivity index (χ0v) is 15.4. The first-order chi connectivity index (χ1) is 9.02. The van der Waals surface area contributed by atoms with Crippen LogP contribution in [0.15, 0.2) is 49.8 Å². The highest BCUT2D eigenvalue weighted by Crippen LogP contribution is 2.34. The minimum absolute atomic E-state index is 0.141. The third kappa shape index (κ3) is 3.48. The van der Waals surface area contributed by atoms with Gasteiger partial charge in [0.05, 0.1) is 6.04 Å². The second-order valence-electron chi connectivity index (χ2n) is 4.41. The SMILES string of the molecule is CNC(c1ccc(C)cc1Br)c1cc(Br)ccc1Br. The van der Waals surface area contributed by atoms with Crippen LogP contribution in [0.3, 0.4) is 0 Å². The summed E-state index contributed by atoms with van der Waals surface area (Å²) < 4.78 is 3.30. The third-order valence-corrected chi connectivity index (χ3v) is 4.93. The minimum atomic E-state index is 0.141. The predicted octanol–water partition coefficient (Wildman–Crippen LogP) is 5.59. The Morgan fingerprint density at radius 1 is 0.895 bits per heavy atom. The smallest absolute Gasteiger partial charge is 0.0596 e. The van der Waals surface area contributed by atoms with Gasteiger partial charge in [-0.25, -0.2) is 0 Å². The van der Waals surface area contributed by atoms with E-state index in [9.17, 15) is 0 Å². The Balaban J connectivity index is 2.52. The van der Waals surface area contributed by atoms with E-state index in [0.717, 1.165) is 13.4 Å². The summed E-state index contributed by atoms with van der Waals surface area (Å²) in [4.78, 5) is 0. The molecule has 0 heterocycles. The second kappa shape index (κ2) is 6.53. The lowest BCUT2D eigenvalue weighted by atomic mass is 9.98. The van der Waals surface area contributed by atoms with Gasteiger partial charge in [0.2, 0.25) is 0 Å². The largest absolute Gasteiger partial charge is 0.309 e. The van der Waals surface area contributed by atoms with Gasteiger partial charge in [-0.2, -0.15) is 0 Å². The topological polar surface area (TPSA) is 12.0 Å². The van der Waals surface area contributed by atoms with Crippen molar-refractivity contribution in [3.8, 4) is 0 Å². The fourth-order valence-corrected chi connectivity index (χ4v) is 3.66. The number of rotatable bonds is 3. The van der Waals surface area contributed by atoms with Gasteiger partial charge in [0.15, 0.2) is 0 Å². The molecule has 0 radical (unpaired) electrons. The molecule has 1 N–H and O–H groups in total. The summed E-state index contributed by atoms with van der Waals surface area (Å²) in [6.45, 7) is 2.10. The van der Waals surface area contributed by atoms with E-state index in [1.807, 2.05) is 13.1 Å². The van der Waals surface area contributed by atoms with Crippen molar-refractivity contribution in [2.75, 3.05) is 7.05 Å². The quantitative estimate of drug-likeness (QED) is 0.646. The lowest BCUT2D eigenvalue weighted by molar-refractivity contribution is 0.685. The number of hydrogen-bond donors (Lipinski definition) is 1. The molecule has 100 valence electrons. The van der Waals surface area contributed by atoms with Gasteiger partial charge in [-0.1, -0.05) is 59.9 Å². The molecule has 0 fully saturated rings. The van der Waals surface area contributed by atoms with Crippen LogP contribution >= 0.6 is 47.8 Å². The normalized spacial score (nSPS) is 12.5. The van der Waals surface area contributed by atoms with E-state index < -0.39 is 0 Å². The molecular formula is C15H14Br3N. The summed E-state index contributed by atoms with van der Waals surface area (Å²) in [7, 11) is 1.98. The molecule has 0 bridgehead atoms. The molecule has 0 spiro atoms. The van der Waals surface area contributed by atoms with Crippen molar-refractivity contribution in [1.29, 1.82) is 0 Å². The van der Waals surface area contributed by atoms with Crippen LogP contribution in [-0.2, 0) is 0 Å². The van der Waals surface area contributed by atoms with Gasteiger partial charge >= 0.3 is 0 Å². The molecule has 19 heavy (non-hydrogen) atoms. The molecule has 4 heteroatoms. The van der Waals surface area contributed by atoms with Crippen molar-refractivity contribution < 1.29 is 0 Å². The lowest BCUT2D eigenvalue weighted by Gasteiger charge is -2.20. The number of benzene rings is 2. The fraction of sp³-hybridized carbons (Fsp3) is 0.200. The number of aryl methyl sites for hydroxylation is 1. The molecular weight excluding hydrogens is 434 g/mol. The highest BCUT2D eigenvalue weighted by molar-refractivity contribution is 9.11. The molecule has 0 aromatic heterocycles.